The standard InChI is InChI=1S/C52H28N4O12/c57-53(58)41-21-43(55(61)62)47-23-45(41)65-25-9-13-33-37(17-25)51-31-7-3-1-5-29(31)49(33)34-14-10-26(18-38(34)51)66-46-24-48(44(56(63)64)22-42(46)54(59)60)68-28-12-16-36-40(20-28)52-32-8-4-2-6-30(32)50(36)35-15-11-27(67-47)19-39(35)52/h1-24,49-52H. The summed E-state index contributed by atoms with van der Waals surface area (Å²) >= 11 is 0. The lowest BCUT2D eigenvalue weighted by Crippen LogP contribution is -2.27. The van der Waals surface area contributed by atoms with Gasteiger partial charge in [-0.25, -0.2) is 0 Å². The zero-order valence-corrected chi connectivity index (χ0v) is 34.9. The molecule has 0 unspecified atom stereocenters. The molecule has 68 heavy (non-hydrogen) atoms. The molecule has 0 atom stereocenters. The molecule has 16 bridgehead atoms. The predicted molar refractivity (Wildman–Crippen MR) is 242 cm³/mol. The molecule has 15 rings (SSSR count). The van der Waals surface area contributed by atoms with Crippen LogP contribution in [0.1, 0.15) is 90.4 Å². The van der Waals surface area contributed by atoms with Crippen molar-refractivity contribution in [3.63, 3.8) is 0 Å². The Labute approximate surface area is 382 Å². The Bertz CT molecular complexity index is 3250. The zero-order chi connectivity index (χ0) is 46.3. The summed E-state index contributed by atoms with van der Waals surface area (Å²) in [5.41, 5.74) is 8.63. The van der Waals surface area contributed by atoms with Crippen LogP contribution in [-0.4, -0.2) is 19.7 Å². The first-order chi connectivity index (χ1) is 33.0. The molecule has 8 aromatic rings. The molecule has 0 spiro atoms. The Kier molecular flexibility index (Phi) is 8.04. The third-order valence-electron chi connectivity index (χ3n) is 13.7. The van der Waals surface area contributed by atoms with Crippen LogP contribution in [0, 0.1) is 40.5 Å². The molecule has 1 aliphatic heterocycles. The second-order valence-corrected chi connectivity index (χ2v) is 17.2. The van der Waals surface area contributed by atoms with Crippen molar-refractivity contribution in [3.05, 3.63) is 253 Å². The van der Waals surface area contributed by atoms with Crippen LogP contribution in [0.5, 0.6) is 46.0 Å². The van der Waals surface area contributed by atoms with Crippen LogP contribution in [0.4, 0.5) is 22.7 Å². The minimum Gasteiger partial charge on any atom is -0.450 e. The van der Waals surface area contributed by atoms with Crippen molar-refractivity contribution in [2.24, 2.45) is 0 Å². The van der Waals surface area contributed by atoms with E-state index in [1.165, 1.54) is 12.1 Å². The van der Waals surface area contributed by atoms with E-state index in [4.69, 9.17) is 18.9 Å². The maximum Gasteiger partial charge on any atom is 0.318 e. The molecule has 0 amide bonds. The van der Waals surface area contributed by atoms with Gasteiger partial charge < -0.3 is 18.9 Å². The summed E-state index contributed by atoms with van der Waals surface area (Å²) in [6.07, 6.45) is 0. The fraction of sp³-hybridized carbons (Fsp3) is 0.0769. The Morgan fingerprint density at radius 1 is 0.279 bits per heavy atom. The minimum atomic E-state index is -0.740. The molecule has 6 aliphatic carbocycles. The van der Waals surface area contributed by atoms with Gasteiger partial charge in [-0.2, -0.15) is 0 Å². The summed E-state index contributed by atoms with van der Waals surface area (Å²) in [5.74, 6) is -1.61. The summed E-state index contributed by atoms with van der Waals surface area (Å²) in [4.78, 5) is 47.3. The average molecular weight is 901 g/mol. The molecular formula is C52H28N4O12. The van der Waals surface area contributed by atoms with Gasteiger partial charge in [0.05, 0.1) is 19.7 Å². The van der Waals surface area contributed by atoms with Gasteiger partial charge in [0.25, 0.3) is 0 Å². The molecule has 16 nitrogen and oxygen atoms in total. The van der Waals surface area contributed by atoms with Gasteiger partial charge >= 0.3 is 22.7 Å². The lowest BCUT2D eigenvalue weighted by molar-refractivity contribution is -0.395. The first-order valence-corrected chi connectivity index (χ1v) is 21.4. The van der Waals surface area contributed by atoms with Gasteiger partial charge in [0.1, 0.15) is 35.1 Å². The summed E-state index contributed by atoms with van der Waals surface area (Å²) < 4.78 is 25.3. The maximum atomic E-state index is 12.6. The fourth-order valence-corrected chi connectivity index (χ4v) is 11.1. The van der Waals surface area contributed by atoms with E-state index in [0.717, 1.165) is 78.9 Å². The molecule has 7 aliphatic rings. The third kappa shape index (κ3) is 5.60. The summed E-state index contributed by atoms with van der Waals surface area (Å²) in [7, 11) is 0. The zero-order valence-electron chi connectivity index (χ0n) is 34.9. The quantitative estimate of drug-likeness (QED) is 0.119. The van der Waals surface area contributed by atoms with E-state index in [9.17, 15) is 40.5 Å². The summed E-state index contributed by atoms with van der Waals surface area (Å²) in [6.45, 7) is 0. The molecule has 0 N–H and O–H groups in total. The lowest BCUT2D eigenvalue weighted by Gasteiger charge is -2.42. The molecule has 0 aromatic heterocycles. The van der Waals surface area contributed by atoms with Crippen molar-refractivity contribution in [1.29, 1.82) is 0 Å². The molecule has 0 saturated heterocycles. The van der Waals surface area contributed by atoms with Gasteiger partial charge in [-0.3, -0.25) is 40.5 Å². The minimum absolute atomic E-state index is 0.218. The van der Waals surface area contributed by atoms with Crippen molar-refractivity contribution in [1.82, 2.24) is 0 Å². The Hall–Kier alpha value is -9.44. The largest absolute Gasteiger partial charge is 0.450 e. The number of fused-ring (bicyclic) bond motifs is 8. The van der Waals surface area contributed by atoms with Crippen LogP contribution in [0.3, 0.4) is 0 Å². The molecular weight excluding hydrogens is 873 g/mol. The number of nitrogens with zero attached hydrogens (tertiary/aromatic N) is 4. The first kappa shape index (κ1) is 39.0. The lowest BCUT2D eigenvalue weighted by atomic mass is 9.61. The number of benzene rings is 8. The second-order valence-electron chi connectivity index (χ2n) is 17.2. The highest BCUT2D eigenvalue weighted by atomic mass is 16.6. The van der Waals surface area contributed by atoms with E-state index in [1.54, 1.807) is 48.5 Å². The number of hydrogen-bond donors (Lipinski definition) is 0. The summed E-state index contributed by atoms with van der Waals surface area (Å²) in [5, 5.41) is 50.3. The van der Waals surface area contributed by atoms with Gasteiger partial charge in [-0.1, -0.05) is 72.8 Å². The number of rotatable bonds is 4. The van der Waals surface area contributed by atoms with Gasteiger partial charge in [0.15, 0.2) is 0 Å². The van der Waals surface area contributed by atoms with E-state index < -0.39 is 54.3 Å². The second kappa shape index (κ2) is 14.0. The van der Waals surface area contributed by atoms with E-state index >= 15 is 0 Å². The van der Waals surface area contributed by atoms with Crippen molar-refractivity contribution >= 4 is 22.7 Å². The Balaban J connectivity index is 1.03. The van der Waals surface area contributed by atoms with E-state index in [0.29, 0.717) is 0 Å². The SMILES string of the molecule is O=[N+]([O-])c1cc([N+](=O)[O-])c2cc1Oc1ccc3c(c1)C1c4ccccc4C3c3ccc(cc31)Oc1cc(c([N+](=O)[O-])cc1[N+](=O)[O-])Oc1ccc3c(c1)C1c4ccccc4C3c3ccc(cc31)O2. The van der Waals surface area contributed by atoms with Crippen LogP contribution < -0.4 is 18.9 Å². The Morgan fingerprint density at radius 3 is 0.735 bits per heavy atom. The normalized spacial score (nSPS) is 17.8. The number of ether oxygens (including phenoxy) is 4. The molecule has 16 heteroatoms. The van der Waals surface area contributed by atoms with Crippen LogP contribution in [0.15, 0.2) is 146 Å². The highest BCUT2D eigenvalue weighted by Gasteiger charge is 2.44. The molecule has 0 saturated carbocycles. The number of nitro benzene ring substituents is 4. The third-order valence-corrected chi connectivity index (χ3v) is 13.7. The topological polar surface area (TPSA) is 209 Å². The van der Waals surface area contributed by atoms with E-state index in [1.807, 2.05) is 60.7 Å². The smallest absolute Gasteiger partial charge is 0.318 e. The van der Waals surface area contributed by atoms with Crippen LogP contribution in [0.25, 0.3) is 0 Å². The van der Waals surface area contributed by atoms with Crippen molar-refractivity contribution < 1.29 is 38.6 Å². The monoisotopic (exact) mass is 900 g/mol. The molecule has 1 heterocycles. The number of nitro groups is 4. The van der Waals surface area contributed by atoms with E-state index in [-0.39, 0.29) is 57.8 Å². The molecule has 0 radical (unpaired) electrons. The summed E-state index contributed by atoms with van der Waals surface area (Å²) in [6, 6.07) is 41.4. The average Bonchev–Trinajstić information content (AvgIpc) is 3.33. The van der Waals surface area contributed by atoms with Crippen molar-refractivity contribution in [3.8, 4) is 46.0 Å². The van der Waals surface area contributed by atoms with Gasteiger partial charge in [0, 0.05) is 35.8 Å². The number of hydrogen-bond acceptors (Lipinski definition) is 12. The highest BCUT2D eigenvalue weighted by molar-refractivity contribution is 5.73. The molecule has 328 valence electrons. The van der Waals surface area contributed by atoms with Crippen molar-refractivity contribution in [2.45, 2.75) is 23.7 Å². The van der Waals surface area contributed by atoms with Crippen molar-refractivity contribution in [2.75, 3.05) is 0 Å². The van der Waals surface area contributed by atoms with Gasteiger partial charge in [-0.15, -0.1) is 0 Å². The van der Waals surface area contributed by atoms with Gasteiger partial charge in [0.2, 0.25) is 23.0 Å². The maximum absolute atomic E-state index is 12.6. The van der Waals surface area contributed by atoms with Crippen LogP contribution in [-0.2, 0) is 0 Å². The van der Waals surface area contributed by atoms with Crippen LogP contribution in [0.2, 0.25) is 0 Å². The van der Waals surface area contributed by atoms with E-state index in [2.05, 4.69) is 12.1 Å². The van der Waals surface area contributed by atoms with Crippen LogP contribution >= 0.6 is 0 Å². The highest BCUT2D eigenvalue weighted by Crippen LogP contribution is 2.59. The Morgan fingerprint density at radius 2 is 0.500 bits per heavy atom. The van der Waals surface area contributed by atoms with Gasteiger partial charge in [-0.05, 0) is 115 Å². The molecule has 8 aromatic carbocycles. The fourth-order valence-electron chi connectivity index (χ4n) is 11.1. The predicted octanol–water partition coefficient (Wildman–Crippen LogP) is 12.8. The molecule has 0 fully saturated rings. The first-order valence-electron chi connectivity index (χ1n) is 21.4.